The Morgan fingerprint density at radius 3 is 2.62 bits per heavy atom. The normalized spacial score (nSPS) is 10.5. The predicted octanol–water partition coefficient (Wildman–Crippen LogP) is 3.09. The zero-order valence-corrected chi connectivity index (χ0v) is 10.3. The summed E-state index contributed by atoms with van der Waals surface area (Å²) in [5, 5.41) is 0. The second-order valence-corrected chi connectivity index (χ2v) is 4.29. The Morgan fingerprint density at radius 2 is 2.06 bits per heavy atom. The molecule has 90 valence electrons. The Morgan fingerprint density at radius 1 is 1.31 bits per heavy atom. The van der Waals surface area contributed by atoms with Crippen LogP contribution in [0.4, 0.5) is 5.69 Å². The number of rotatable bonds is 6. The van der Waals surface area contributed by atoms with E-state index in [0.717, 1.165) is 23.8 Å². The fraction of sp³-hybridized carbons (Fsp3) is 0.538. The molecule has 0 atom stereocenters. The van der Waals surface area contributed by atoms with Crippen molar-refractivity contribution in [1.29, 1.82) is 0 Å². The molecular weight excluding hydrogens is 202 g/mol. The van der Waals surface area contributed by atoms with Gasteiger partial charge in [0.05, 0.1) is 19.4 Å². The largest absolute Gasteiger partial charge is 0.497 e. The second-order valence-electron chi connectivity index (χ2n) is 4.29. The number of ether oxygens (including phenoxy) is 2. The monoisotopic (exact) mass is 223 g/mol. The first-order valence-electron chi connectivity index (χ1n) is 5.69. The maximum absolute atomic E-state index is 5.83. The number of hydrogen-bond acceptors (Lipinski definition) is 3. The van der Waals surface area contributed by atoms with Crippen LogP contribution in [0.1, 0.15) is 26.7 Å². The van der Waals surface area contributed by atoms with Crippen molar-refractivity contribution in [1.82, 2.24) is 0 Å². The molecule has 1 aromatic rings. The molecule has 0 spiro atoms. The lowest BCUT2D eigenvalue weighted by Gasteiger charge is -2.10. The number of hydrogen-bond donors (Lipinski definition) is 1. The summed E-state index contributed by atoms with van der Waals surface area (Å²) < 4.78 is 10.7. The van der Waals surface area contributed by atoms with Crippen molar-refractivity contribution >= 4 is 5.69 Å². The Hall–Kier alpha value is -1.38. The Kier molecular flexibility index (Phi) is 4.96. The van der Waals surface area contributed by atoms with Gasteiger partial charge >= 0.3 is 0 Å². The van der Waals surface area contributed by atoms with Crippen LogP contribution in [-0.2, 0) is 0 Å². The summed E-state index contributed by atoms with van der Waals surface area (Å²) in [5.74, 6) is 2.22. The molecule has 0 aliphatic heterocycles. The minimum absolute atomic E-state index is 0.629. The zero-order chi connectivity index (χ0) is 12.0. The maximum Gasteiger partial charge on any atom is 0.142 e. The fourth-order valence-corrected chi connectivity index (χ4v) is 1.46. The molecule has 0 heterocycles. The Labute approximate surface area is 97.6 Å². The minimum Gasteiger partial charge on any atom is -0.497 e. The summed E-state index contributed by atoms with van der Waals surface area (Å²) in [6.07, 6.45) is 2.24. The highest BCUT2D eigenvalue weighted by molar-refractivity contribution is 5.56. The van der Waals surface area contributed by atoms with Gasteiger partial charge in [0.1, 0.15) is 11.5 Å². The van der Waals surface area contributed by atoms with Gasteiger partial charge in [-0.3, -0.25) is 0 Å². The molecule has 2 N–H and O–H groups in total. The minimum atomic E-state index is 0.629. The van der Waals surface area contributed by atoms with Gasteiger partial charge in [0.2, 0.25) is 0 Å². The van der Waals surface area contributed by atoms with Gasteiger partial charge in [-0.05, 0) is 30.9 Å². The molecule has 0 unspecified atom stereocenters. The third-order valence-corrected chi connectivity index (χ3v) is 2.40. The number of nitrogens with two attached hydrogens (primary N) is 1. The molecule has 0 saturated carbocycles. The third kappa shape index (κ3) is 4.01. The molecular formula is C13H21NO2. The van der Waals surface area contributed by atoms with E-state index < -0.39 is 0 Å². The summed E-state index contributed by atoms with van der Waals surface area (Å²) in [6.45, 7) is 5.14. The number of anilines is 1. The van der Waals surface area contributed by atoms with Crippen LogP contribution in [0.15, 0.2) is 18.2 Å². The SMILES string of the molecule is COc1ccc(OCCCC(C)C)c(N)c1. The van der Waals surface area contributed by atoms with E-state index in [-0.39, 0.29) is 0 Å². The van der Waals surface area contributed by atoms with E-state index in [9.17, 15) is 0 Å². The molecule has 3 heteroatoms. The fourth-order valence-electron chi connectivity index (χ4n) is 1.46. The quantitative estimate of drug-likeness (QED) is 0.595. The van der Waals surface area contributed by atoms with Crippen LogP contribution in [0.2, 0.25) is 0 Å². The van der Waals surface area contributed by atoms with Gasteiger partial charge in [-0.15, -0.1) is 0 Å². The topological polar surface area (TPSA) is 44.5 Å². The summed E-state index contributed by atoms with van der Waals surface area (Å²) in [5.41, 5.74) is 6.46. The van der Waals surface area contributed by atoms with Crippen LogP contribution in [0.5, 0.6) is 11.5 Å². The first kappa shape index (κ1) is 12.7. The standard InChI is InChI=1S/C13H21NO2/c1-10(2)5-4-8-16-13-7-6-11(15-3)9-12(13)14/h6-7,9-10H,4-5,8,14H2,1-3H3. The van der Waals surface area contributed by atoms with Gasteiger partial charge in [-0.1, -0.05) is 13.8 Å². The summed E-state index contributed by atoms with van der Waals surface area (Å²) in [4.78, 5) is 0. The van der Waals surface area contributed by atoms with Crippen LogP contribution >= 0.6 is 0 Å². The van der Waals surface area contributed by atoms with E-state index in [1.807, 2.05) is 12.1 Å². The number of benzene rings is 1. The van der Waals surface area contributed by atoms with Gasteiger partial charge in [0, 0.05) is 6.07 Å². The predicted molar refractivity (Wildman–Crippen MR) is 67.0 cm³/mol. The highest BCUT2D eigenvalue weighted by atomic mass is 16.5. The van der Waals surface area contributed by atoms with Crippen LogP contribution in [0.3, 0.4) is 0 Å². The lowest BCUT2D eigenvalue weighted by atomic mass is 10.1. The van der Waals surface area contributed by atoms with E-state index in [2.05, 4.69) is 13.8 Å². The van der Waals surface area contributed by atoms with Crippen molar-refractivity contribution in [3.8, 4) is 11.5 Å². The highest BCUT2D eigenvalue weighted by Gasteiger charge is 2.02. The van der Waals surface area contributed by atoms with Gasteiger partial charge in [-0.25, -0.2) is 0 Å². The molecule has 0 aliphatic rings. The molecule has 0 aliphatic carbocycles. The van der Waals surface area contributed by atoms with Crippen molar-refractivity contribution in [3.63, 3.8) is 0 Å². The molecule has 0 aromatic heterocycles. The van der Waals surface area contributed by atoms with Gasteiger partial charge < -0.3 is 15.2 Å². The lowest BCUT2D eigenvalue weighted by Crippen LogP contribution is -2.02. The first-order valence-corrected chi connectivity index (χ1v) is 5.69. The highest BCUT2D eigenvalue weighted by Crippen LogP contribution is 2.26. The average molecular weight is 223 g/mol. The van der Waals surface area contributed by atoms with E-state index >= 15 is 0 Å². The van der Waals surface area contributed by atoms with Crippen molar-refractivity contribution in [2.75, 3.05) is 19.5 Å². The molecule has 0 amide bonds. The van der Waals surface area contributed by atoms with Crippen LogP contribution in [-0.4, -0.2) is 13.7 Å². The van der Waals surface area contributed by atoms with Crippen molar-refractivity contribution in [2.45, 2.75) is 26.7 Å². The molecule has 1 rings (SSSR count). The van der Waals surface area contributed by atoms with E-state index in [4.69, 9.17) is 15.2 Å². The second kappa shape index (κ2) is 6.26. The smallest absolute Gasteiger partial charge is 0.142 e. The summed E-state index contributed by atoms with van der Waals surface area (Å²) in [7, 11) is 1.62. The van der Waals surface area contributed by atoms with E-state index in [1.165, 1.54) is 6.42 Å². The number of nitrogen functional groups attached to an aromatic ring is 1. The summed E-state index contributed by atoms with van der Waals surface area (Å²) in [6, 6.07) is 5.48. The van der Waals surface area contributed by atoms with Crippen molar-refractivity contribution < 1.29 is 9.47 Å². The van der Waals surface area contributed by atoms with Crippen LogP contribution in [0, 0.1) is 5.92 Å². The summed E-state index contributed by atoms with van der Waals surface area (Å²) >= 11 is 0. The number of methoxy groups -OCH3 is 1. The lowest BCUT2D eigenvalue weighted by molar-refractivity contribution is 0.298. The molecule has 0 bridgehead atoms. The van der Waals surface area contributed by atoms with Gasteiger partial charge in [-0.2, -0.15) is 0 Å². The first-order chi connectivity index (χ1) is 7.63. The Bertz CT molecular complexity index is 324. The van der Waals surface area contributed by atoms with Gasteiger partial charge in [0.25, 0.3) is 0 Å². The molecule has 1 aromatic carbocycles. The van der Waals surface area contributed by atoms with Gasteiger partial charge in [0.15, 0.2) is 0 Å². The average Bonchev–Trinajstić information content (AvgIpc) is 2.25. The molecule has 3 nitrogen and oxygen atoms in total. The van der Waals surface area contributed by atoms with Crippen molar-refractivity contribution in [2.24, 2.45) is 5.92 Å². The van der Waals surface area contributed by atoms with Crippen LogP contribution in [0.25, 0.3) is 0 Å². The van der Waals surface area contributed by atoms with Crippen LogP contribution < -0.4 is 15.2 Å². The molecule has 0 fully saturated rings. The van der Waals surface area contributed by atoms with E-state index in [1.54, 1.807) is 13.2 Å². The molecule has 16 heavy (non-hydrogen) atoms. The van der Waals surface area contributed by atoms with Crippen molar-refractivity contribution in [3.05, 3.63) is 18.2 Å². The molecule has 0 saturated heterocycles. The van der Waals surface area contributed by atoms with E-state index in [0.29, 0.717) is 12.3 Å². The zero-order valence-electron chi connectivity index (χ0n) is 10.3. The molecule has 0 radical (unpaired) electrons. The third-order valence-electron chi connectivity index (χ3n) is 2.40. The Balaban J connectivity index is 2.42. The maximum atomic E-state index is 5.83.